The number of rotatable bonds is 8. The monoisotopic (exact) mass is 590 g/mol. The molecular formula is C27H35ClN6O5S. The summed E-state index contributed by atoms with van der Waals surface area (Å²) in [6.07, 6.45) is 2.57. The van der Waals surface area contributed by atoms with Gasteiger partial charge in [-0.2, -0.15) is 5.10 Å². The van der Waals surface area contributed by atoms with Gasteiger partial charge in [-0.1, -0.05) is 16.8 Å². The Kier molecular flexibility index (Phi) is 9.09. The third kappa shape index (κ3) is 6.85. The van der Waals surface area contributed by atoms with Gasteiger partial charge in [-0.3, -0.25) is 4.79 Å². The van der Waals surface area contributed by atoms with Gasteiger partial charge in [0.25, 0.3) is 5.91 Å². The predicted molar refractivity (Wildman–Crippen MR) is 151 cm³/mol. The number of aliphatic hydroxyl groups excluding tert-OH is 1. The molecule has 2 fully saturated rings. The summed E-state index contributed by atoms with van der Waals surface area (Å²) in [5.74, 6) is 0.677. The number of nitrogens with one attached hydrogen (secondary N) is 1. The van der Waals surface area contributed by atoms with Crippen LogP contribution in [0.2, 0.25) is 4.34 Å². The predicted octanol–water partition coefficient (Wildman–Crippen LogP) is 4.11. The minimum atomic E-state index is -0.582. The SMILES string of the molecule is CC(C)N1CCC(NC(=O)Oc2cc(C(=O)N3CCC(CO)CC3)nn2Cc2cc(-c3ccc(Cl)s3)on2)CC1. The van der Waals surface area contributed by atoms with Gasteiger partial charge < -0.3 is 29.5 Å². The van der Waals surface area contributed by atoms with Gasteiger partial charge in [-0.05, 0) is 57.6 Å². The molecule has 216 valence electrons. The average Bonchev–Trinajstić information content (AvgIpc) is 3.69. The lowest BCUT2D eigenvalue weighted by molar-refractivity contribution is 0.0644. The number of carbonyl (C=O) groups is 2. The molecule has 0 spiro atoms. The summed E-state index contributed by atoms with van der Waals surface area (Å²) in [5, 5.41) is 21.0. The van der Waals surface area contributed by atoms with Crippen LogP contribution in [0.25, 0.3) is 10.6 Å². The molecule has 5 heterocycles. The zero-order valence-electron chi connectivity index (χ0n) is 22.7. The van der Waals surface area contributed by atoms with Gasteiger partial charge in [0.15, 0.2) is 11.5 Å². The molecule has 2 N–H and O–H groups in total. The van der Waals surface area contributed by atoms with Crippen molar-refractivity contribution in [3.8, 4) is 16.5 Å². The summed E-state index contributed by atoms with van der Waals surface area (Å²) in [6, 6.07) is 7.41. The number of carbonyl (C=O) groups excluding carboxylic acids is 2. The van der Waals surface area contributed by atoms with E-state index in [9.17, 15) is 14.7 Å². The number of hydrogen-bond acceptors (Lipinski definition) is 9. The van der Waals surface area contributed by atoms with Crippen molar-refractivity contribution in [1.82, 2.24) is 30.1 Å². The number of likely N-dealkylation sites (tertiary alicyclic amines) is 2. The Balaban J connectivity index is 1.30. The van der Waals surface area contributed by atoms with Gasteiger partial charge >= 0.3 is 6.09 Å². The maximum Gasteiger partial charge on any atom is 0.414 e. The minimum Gasteiger partial charge on any atom is -0.396 e. The van der Waals surface area contributed by atoms with Crippen molar-refractivity contribution < 1.29 is 24.0 Å². The Morgan fingerprint density at radius 1 is 1.18 bits per heavy atom. The Labute approximate surface area is 242 Å². The van der Waals surface area contributed by atoms with Crippen molar-refractivity contribution in [3.05, 3.63) is 40.0 Å². The molecule has 0 saturated carbocycles. The molecule has 0 atom stereocenters. The van der Waals surface area contributed by atoms with Crippen LogP contribution in [0.1, 0.15) is 55.7 Å². The molecule has 2 aliphatic rings. The van der Waals surface area contributed by atoms with E-state index in [-0.39, 0.29) is 42.6 Å². The maximum absolute atomic E-state index is 13.3. The zero-order valence-corrected chi connectivity index (χ0v) is 24.3. The molecule has 0 radical (unpaired) electrons. The van der Waals surface area contributed by atoms with Gasteiger partial charge in [0.1, 0.15) is 5.69 Å². The summed E-state index contributed by atoms with van der Waals surface area (Å²) in [7, 11) is 0. The number of aliphatic hydroxyl groups is 1. The third-order valence-corrected chi connectivity index (χ3v) is 8.83. The van der Waals surface area contributed by atoms with Crippen LogP contribution < -0.4 is 10.1 Å². The summed E-state index contributed by atoms with van der Waals surface area (Å²) in [6.45, 7) is 7.51. The number of aromatic nitrogens is 3. The van der Waals surface area contributed by atoms with Crippen LogP contribution in [0.15, 0.2) is 28.8 Å². The second kappa shape index (κ2) is 12.7. The summed E-state index contributed by atoms with van der Waals surface area (Å²) >= 11 is 7.44. The van der Waals surface area contributed by atoms with Crippen LogP contribution in [0.3, 0.4) is 0 Å². The first-order valence-corrected chi connectivity index (χ1v) is 14.9. The summed E-state index contributed by atoms with van der Waals surface area (Å²) in [4.78, 5) is 31.1. The first-order valence-electron chi connectivity index (χ1n) is 13.7. The Morgan fingerprint density at radius 3 is 2.58 bits per heavy atom. The van der Waals surface area contributed by atoms with Crippen molar-refractivity contribution in [2.45, 2.75) is 58.2 Å². The number of piperidine rings is 2. The van der Waals surface area contributed by atoms with Crippen molar-refractivity contribution in [2.24, 2.45) is 5.92 Å². The Hall–Kier alpha value is -2.93. The van der Waals surface area contributed by atoms with E-state index in [2.05, 4.69) is 34.3 Å². The number of thiophene rings is 1. The van der Waals surface area contributed by atoms with Crippen molar-refractivity contribution in [3.63, 3.8) is 0 Å². The standard InChI is InChI=1S/C27H35ClN6O5S/c1-17(2)32-11-7-19(8-12-32)29-27(37)38-25-14-21(26(36)33-9-5-18(16-35)6-10-33)30-34(25)15-20-13-22(39-31-20)23-3-4-24(28)40-23/h3-4,13-14,17-19,35H,5-12,15-16H2,1-2H3,(H,29,37). The van der Waals surface area contributed by atoms with Crippen LogP contribution in [0, 0.1) is 5.92 Å². The van der Waals surface area contributed by atoms with Gasteiger partial charge in [0.05, 0.1) is 15.8 Å². The first kappa shape index (κ1) is 28.6. The van der Waals surface area contributed by atoms with E-state index in [1.54, 1.807) is 17.0 Å². The molecule has 3 aromatic rings. The fraction of sp³-hybridized carbons (Fsp3) is 0.556. The molecule has 13 heteroatoms. The number of nitrogens with zero attached hydrogens (tertiary/aromatic N) is 5. The highest BCUT2D eigenvalue weighted by Gasteiger charge is 2.28. The molecular weight excluding hydrogens is 556 g/mol. The molecule has 2 aliphatic heterocycles. The van der Waals surface area contributed by atoms with Gasteiger partial charge in [-0.25, -0.2) is 9.48 Å². The fourth-order valence-corrected chi connectivity index (χ4v) is 6.13. The molecule has 11 nitrogen and oxygen atoms in total. The number of hydrogen-bond donors (Lipinski definition) is 2. The smallest absolute Gasteiger partial charge is 0.396 e. The second-order valence-corrected chi connectivity index (χ2v) is 12.4. The van der Waals surface area contributed by atoms with Gasteiger partial charge in [-0.15, -0.1) is 11.3 Å². The van der Waals surface area contributed by atoms with Crippen LogP contribution >= 0.6 is 22.9 Å². The summed E-state index contributed by atoms with van der Waals surface area (Å²) < 4.78 is 13.3. The van der Waals surface area contributed by atoms with E-state index < -0.39 is 6.09 Å². The van der Waals surface area contributed by atoms with E-state index in [1.807, 2.05) is 6.07 Å². The molecule has 40 heavy (non-hydrogen) atoms. The van der Waals surface area contributed by atoms with E-state index in [0.29, 0.717) is 34.9 Å². The van der Waals surface area contributed by atoms with E-state index in [0.717, 1.165) is 43.6 Å². The molecule has 2 amide bonds. The largest absolute Gasteiger partial charge is 0.414 e. The van der Waals surface area contributed by atoms with Crippen LogP contribution in [-0.2, 0) is 6.54 Å². The lowest BCUT2D eigenvalue weighted by atomic mass is 9.98. The van der Waals surface area contributed by atoms with Crippen LogP contribution in [0.5, 0.6) is 5.88 Å². The minimum absolute atomic E-state index is 0.0171. The quantitative estimate of drug-likeness (QED) is 0.401. The Morgan fingerprint density at radius 2 is 1.93 bits per heavy atom. The normalized spacial score (nSPS) is 17.5. The zero-order chi connectivity index (χ0) is 28.2. The highest BCUT2D eigenvalue weighted by atomic mass is 35.5. The lowest BCUT2D eigenvalue weighted by Gasteiger charge is -2.34. The van der Waals surface area contributed by atoms with E-state index in [4.69, 9.17) is 20.9 Å². The number of amides is 2. The van der Waals surface area contributed by atoms with Crippen LogP contribution in [-0.4, -0.2) is 86.7 Å². The van der Waals surface area contributed by atoms with E-state index >= 15 is 0 Å². The molecule has 2 saturated heterocycles. The van der Waals surface area contributed by atoms with E-state index in [1.165, 1.54) is 22.1 Å². The molecule has 5 rings (SSSR count). The molecule has 0 aliphatic carbocycles. The van der Waals surface area contributed by atoms with Gasteiger partial charge in [0, 0.05) is 57.0 Å². The Bertz CT molecular complexity index is 1310. The molecule has 0 unspecified atom stereocenters. The highest BCUT2D eigenvalue weighted by Crippen LogP contribution is 2.31. The van der Waals surface area contributed by atoms with Gasteiger partial charge in [0.2, 0.25) is 5.88 Å². The van der Waals surface area contributed by atoms with Crippen molar-refractivity contribution >= 4 is 34.9 Å². The van der Waals surface area contributed by atoms with Crippen molar-refractivity contribution in [2.75, 3.05) is 32.8 Å². The highest BCUT2D eigenvalue weighted by molar-refractivity contribution is 7.19. The summed E-state index contributed by atoms with van der Waals surface area (Å²) in [5.41, 5.74) is 0.737. The fourth-order valence-electron chi connectivity index (χ4n) is 5.13. The number of ether oxygens (including phenoxy) is 1. The molecule has 0 aromatic carbocycles. The molecule has 3 aromatic heterocycles. The second-order valence-electron chi connectivity index (χ2n) is 10.7. The topological polar surface area (TPSA) is 126 Å². The average molecular weight is 591 g/mol. The number of halogens is 1. The lowest BCUT2D eigenvalue weighted by Crippen LogP contribution is -2.47. The molecule has 0 bridgehead atoms. The van der Waals surface area contributed by atoms with Crippen molar-refractivity contribution in [1.29, 1.82) is 0 Å². The third-order valence-electron chi connectivity index (χ3n) is 7.59. The van der Waals surface area contributed by atoms with Crippen LogP contribution in [0.4, 0.5) is 4.79 Å². The maximum atomic E-state index is 13.3. The first-order chi connectivity index (χ1) is 19.3.